The average Bonchev–Trinajstić information content (AvgIpc) is 3.39. The van der Waals surface area contributed by atoms with E-state index in [0.717, 1.165) is 70.0 Å². The Morgan fingerprint density at radius 2 is 1.68 bits per heavy atom. The molecule has 2 aromatic carbocycles. The number of likely N-dealkylation sites (tertiary alicyclic amines) is 1. The predicted molar refractivity (Wildman–Crippen MR) is 162 cm³/mol. The van der Waals surface area contributed by atoms with Crippen molar-refractivity contribution < 1.29 is 24.2 Å². The average molecular weight is 582 g/mol. The first-order chi connectivity index (χ1) is 19.9. The lowest BCUT2D eigenvalue weighted by atomic mass is 10.0. The number of carbonyl (C=O) groups is 3. The van der Waals surface area contributed by atoms with Crippen molar-refractivity contribution in [2.45, 2.75) is 70.6 Å². The second-order valence-electron chi connectivity index (χ2n) is 10.7. The molecule has 1 saturated heterocycles. The van der Waals surface area contributed by atoms with Crippen LogP contribution in [0.2, 0.25) is 5.02 Å². The molecule has 0 saturated carbocycles. The van der Waals surface area contributed by atoms with Crippen LogP contribution in [0.4, 0.5) is 0 Å². The van der Waals surface area contributed by atoms with Gasteiger partial charge in [-0.25, -0.2) is 4.79 Å². The zero-order valence-corrected chi connectivity index (χ0v) is 24.3. The maximum absolute atomic E-state index is 12.2. The van der Waals surface area contributed by atoms with Crippen LogP contribution in [0.15, 0.2) is 42.6 Å². The quantitative estimate of drug-likeness (QED) is 0.171. The highest BCUT2D eigenvalue weighted by molar-refractivity contribution is 6.34. The van der Waals surface area contributed by atoms with Crippen LogP contribution in [-0.4, -0.2) is 59.0 Å². The second kappa shape index (κ2) is 15.5. The normalized spacial score (nSPS) is 13.3. The summed E-state index contributed by atoms with van der Waals surface area (Å²) in [5.74, 6) is -0.0299. The Morgan fingerprint density at radius 1 is 0.951 bits per heavy atom. The van der Waals surface area contributed by atoms with E-state index in [1.165, 1.54) is 12.6 Å². The van der Waals surface area contributed by atoms with Gasteiger partial charge in [-0.15, -0.1) is 0 Å². The summed E-state index contributed by atoms with van der Waals surface area (Å²) in [5.41, 5.74) is 2.38. The number of unbranched alkanes of at least 4 members (excludes halogenated alkanes) is 5. The molecule has 0 aliphatic carbocycles. The number of ether oxygens (including phenoxy) is 1. The minimum atomic E-state index is -1.00. The molecule has 1 aliphatic heterocycles. The van der Waals surface area contributed by atoms with E-state index in [4.69, 9.17) is 16.3 Å². The van der Waals surface area contributed by atoms with Crippen LogP contribution in [0.3, 0.4) is 0 Å². The third-order valence-corrected chi connectivity index (χ3v) is 7.90. The van der Waals surface area contributed by atoms with Gasteiger partial charge in [-0.05, 0) is 61.9 Å². The zero-order valence-electron chi connectivity index (χ0n) is 23.6. The molecule has 3 N–H and O–H groups in total. The predicted octanol–water partition coefficient (Wildman–Crippen LogP) is 6.81. The summed E-state index contributed by atoms with van der Waals surface area (Å²) in [6.45, 7) is 2.60. The molecule has 2 heterocycles. The Bertz CT molecular complexity index is 1330. The smallest absolute Gasteiger partial charge is 0.337 e. The van der Waals surface area contributed by atoms with Gasteiger partial charge in [0.1, 0.15) is 12.4 Å². The van der Waals surface area contributed by atoms with Gasteiger partial charge >= 0.3 is 5.97 Å². The highest BCUT2D eigenvalue weighted by atomic mass is 35.5. The highest BCUT2D eigenvalue weighted by Crippen LogP contribution is 2.34. The van der Waals surface area contributed by atoms with E-state index >= 15 is 0 Å². The molecule has 1 fully saturated rings. The number of aromatic carboxylic acids is 1. The molecule has 41 heavy (non-hydrogen) atoms. The van der Waals surface area contributed by atoms with E-state index in [1.807, 2.05) is 29.2 Å². The number of aromatic nitrogens is 1. The number of benzene rings is 2. The summed E-state index contributed by atoms with van der Waals surface area (Å²) in [5, 5.41) is 13.4. The number of nitrogens with zero attached hydrogens (tertiary/aromatic N) is 1. The number of nitrogens with one attached hydrogen (secondary N) is 2. The van der Waals surface area contributed by atoms with Crippen molar-refractivity contribution in [3.63, 3.8) is 0 Å². The topological polar surface area (TPSA) is 112 Å². The number of halogens is 1. The molecular formula is C32H40ClN3O5. The monoisotopic (exact) mass is 581 g/mol. The molecule has 0 radical (unpaired) electrons. The van der Waals surface area contributed by atoms with Crippen LogP contribution in [0.1, 0.15) is 81.0 Å². The SMILES string of the molecule is O=C(CCCCCCCCC(=O)N1CCCCC1)NCCOc1cccc(-c2cc3c(C(=O)O)c[nH]c3cc2Cl)c1. The van der Waals surface area contributed by atoms with Crippen molar-refractivity contribution >= 4 is 40.3 Å². The van der Waals surface area contributed by atoms with E-state index in [0.29, 0.717) is 59.1 Å². The first-order valence-corrected chi connectivity index (χ1v) is 15.1. The standard InChI is InChI=1S/C32H40ClN3O5/c33-28-21-29-26(27(22-35-29)32(39)40)20-25(28)23-11-10-12-24(19-23)41-18-15-34-30(37)13-6-3-1-2-4-7-14-31(38)36-16-8-5-9-17-36/h10-12,19-22,35H,1-9,13-18H2,(H,34,37)(H,39,40). The van der Waals surface area contributed by atoms with Gasteiger partial charge in [0.25, 0.3) is 0 Å². The molecule has 1 aliphatic rings. The molecule has 220 valence electrons. The Labute approximate surface area is 246 Å². The molecule has 9 heteroatoms. The molecule has 3 aromatic rings. The maximum Gasteiger partial charge on any atom is 0.337 e. The summed E-state index contributed by atoms with van der Waals surface area (Å²) >= 11 is 6.49. The molecule has 0 unspecified atom stereocenters. The van der Waals surface area contributed by atoms with Crippen LogP contribution in [-0.2, 0) is 9.59 Å². The van der Waals surface area contributed by atoms with Crippen molar-refractivity contribution in [3.05, 3.63) is 53.2 Å². The summed E-state index contributed by atoms with van der Waals surface area (Å²) in [4.78, 5) is 40.9. The Balaban J connectivity index is 1.10. The van der Waals surface area contributed by atoms with Gasteiger partial charge in [-0.2, -0.15) is 0 Å². The maximum atomic E-state index is 12.2. The first kappa shape index (κ1) is 30.4. The highest BCUT2D eigenvalue weighted by Gasteiger charge is 2.16. The summed E-state index contributed by atoms with van der Waals surface area (Å²) < 4.78 is 5.84. The van der Waals surface area contributed by atoms with Crippen molar-refractivity contribution in [1.82, 2.24) is 15.2 Å². The molecule has 0 atom stereocenters. The fraction of sp³-hybridized carbons (Fsp3) is 0.469. The van der Waals surface area contributed by atoms with Crippen LogP contribution >= 0.6 is 11.6 Å². The fourth-order valence-corrected chi connectivity index (χ4v) is 5.59. The van der Waals surface area contributed by atoms with E-state index in [1.54, 1.807) is 12.1 Å². The number of carbonyl (C=O) groups excluding carboxylic acids is 2. The van der Waals surface area contributed by atoms with Crippen molar-refractivity contribution in [3.8, 4) is 16.9 Å². The Hall–Kier alpha value is -3.52. The Morgan fingerprint density at radius 3 is 2.44 bits per heavy atom. The Kier molecular flexibility index (Phi) is 11.5. The first-order valence-electron chi connectivity index (χ1n) is 14.7. The molecule has 2 amide bonds. The molecule has 0 spiro atoms. The van der Waals surface area contributed by atoms with Gasteiger partial charge in [-0.1, -0.05) is 49.4 Å². The second-order valence-corrected chi connectivity index (χ2v) is 11.1. The van der Waals surface area contributed by atoms with E-state index in [2.05, 4.69) is 10.3 Å². The number of carboxylic acid groups (broad SMARTS) is 1. The van der Waals surface area contributed by atoms with Gasteiger partial charge < -0.3 is 25.0 Å². The number of carboxylic acids is 1. The summed E-state index contributed by atoms with van der Waals surface area (Å²) in [7, 11) is 0. The van der Waals surface area contributed by atoms with Gasteiger partial charge in [0, 0.05) is 48.6 Å². The van der Waals surface area contributed by atoms with Gasteiger partial charge in [0.15, 0.2) is 0 Å². The number of aromatic amines is 1. The number of rotatable bonds is 15. The number of hydrogen-bond donors (Lipinski definition) is 3. The number of hydrogen-bond acceptors (Lipinski definition) is 4. The van der Waals surface area contributed by atoms with Crippen LogP contribution in [0.5, 0.6) is 5.75 Å². The van der Waals surface area contributed by atoms with E-state index < -0.39 is 5.97 Å². The van der Waals surface area contributed by atoms with Gasteiger partial charge in [0.05, 0.1) is 17.1 Å². The van der Waals surface area contributed by atoms with Crippen LogP contribution < -0.4 is 10.1 Å². The third kappa shape index (κ3) is 8.98. The number of amides is 2. The van der Waals surface area contributed by atoms with Crippen LogP contribution in [0.25, 0.3) is 22.0 Å². The number of fused-ring (bicyclic) bond motifs is 1. The lowest BCUT2D eigenvalue weighted by Crippen LogP contribution is -2.35. The molecule has 8 nitrogen and oxygen atoms in total. The van der Waals surface area contributed by atoms with Crippen molar-refractivity contribution in [2.75, 3.05) is 26.2 Å². The lowest BCUT2D eigenvalue weighted by molar-refractivity contribution is -0.132. The van der Waals surface area contributed by atoms with Gasteiger partial charge in [-0.3, -0.25) is 9.59 Å². The summed E-state index contributed by atoms with van der Waals surface area (Å²) in [6, 6.07) is 10.9. The molecule has 1 aromatic heterocycles. The molecule has 4 rings (SSSR count). The minimum absolute atomic E-state index is 0.0234. The van der Waals surface area contributed by atoms with E-state index in [-0.39, 0.29) is 11.5 Å². The number of H-pyrrole nitrogens is 1. The van der Waals surface area contributed by atoms with Crippen molar-refractivity contribution in [2.24, 2.45) is 0 Å². The summed E-state index contributed by atoms with van der Waals surface area (Å²) in [6.07, 6.45) is 12.2. The molecular weight excluding hydrogens is 542 g/mol. The number of piperidine rings is 1. The fourth-order valence-electron chi connectivity index (χ4n) is 5.31. The van der Waals surface area contributed by atoms with E-state index in [9.17, 15) is 19.5 Å². The van der Waals surface area contributed by atoms with Crippen molar-refractivity contribution in [1.29, 1.82) is 0 Å². The lowest BCUT2D eigenvalue weighted by Gasteiger charge is -2.26. The van der Waals surface area contributed by atoms with Gasteiger partial charge in [0.2, 0.25) is 11.8 Å². The van der Waals surface area contributed by atoms with Crippen LogP contribution in [0, 0.1) is 0 Å². The third-order valence-electron chi connectivity index (χ3n) is 7.59. The largest absolute Gasteiger partial charge is 0.492 e. The minimum Gasteiger partial charge on any atom is -0.492 e. The zero-order chi connectivity index (χ0) is 29.0. The molecule has 0 bridgehead atoms.